The molecule has 0 aliphatic heterocycles. The summed E-state index contributed by atoms with van der Waals surface area (Å²) in [6, 6.07) is 2.03. The number of aryl methyl sites for hydroxylation is 1. The van der Waals surface area contributed by atoms with Crippen molar-refractivity contribution < 1.29 is 9.53 Å². The third kappa shape index (κ3) is 5.24. The van der Waals surface area contributed by atoms with Crippen LogP contribution in [-0.4, -0.2) is 12.6 Å². The summed E-state index contributed by atoms with van der Waals surface area (Å²) in [6.45, 7) is 8.43. The van der Waals surface area contributed by atoms with Crippen molar-refractivity contribution in [2.45, 2.75) is 46.6 Å². The fourth-order valence-corrected chi connectivity index (χ4v) is 3.99. The van der Waals surface area contributed by atoms with Gasteiger partial charge in [-0.15, -0.1) is 11.3 Å². The number of rotatable bonds is 6. The van der Waals surface area contributed by atoms with Crippen LogP contribution >= 0.6 is 27.3 Å². The van der Waals surface area contributed by atoms with E-state index in [0.717, 1.165) is 15.8 Å². The molecule has 0 amide bonds. The summed E-state index contributed by atoms with van der Waals surface area (Å²) in [7, 11) is 0. The van der Waals surface area contributed by atoms with E-state index in [1.165, 1.54) is 4.88 Å². The summed E-state index contributed by atoms with van der Waals surface area (Å²) in [5, 5.41) is 0. The van der Waals surface area contributed by atoms with E-state index in [0.29, 0.717) is 13.0 Å². The van der Waals surface area contributed by atoms with Gasteiger partial charge in [0.15, 0.2) is 0 Å². The molecule has 1 heterocycles. The van der Waals surface area contributed by atoms with Crippen molar-refractivity contribution in [3.05, 3.63) is 20.3 Å². The van der Waals surface area contributed by atoms with Crippen LogP contribution in [0, 0.1) is 12.3 Å². The molecule has 108 valence electrons. The fraction of sp³-hybridized carbons (Fsp3) is 0.643. The average molecular weight is 348 g/mol. The Morgan fingerprint density at radius 1 is 1.58 bits per heavy atom. The minimum Gasteiger partial charge on any atom is -0.466 e. The Labute approximate surface area is 127 Å². The molecule has 0 aromatic carbocycles. The van der Waals surface area contributed by atoms with Gasteiger partial charge in [0, 0.05) is 10.9 Å². The number of hydrogen-bond donors (Lipinski definition) is 1. The van der Waals surface area contributed by atoms with Gasteiger partial charge in [0.2, 0.25) is 0 Å². The first-order valence-corrected chi connectivity index (χ1v) is 8.03. The minimum absolute atomic E-state index is 0.0491. The van der Waals surface area contributed by atoms with Crippen molar-refractivity contribution in [2.75, 3.05) is 6.61 Å². The maximum atomic E-state index is 11.6. The van der Waals surface area contributed by atoms with Gasteiger partial charge in [-0.05, 0) is 53.2 Å². The van der Waals surface area contributed by atoms with Gasteiger partial charge in [-0.3, -0.25) is 4.79 Å². The van der Waals surface area contributed by atoms with E-state index in [2.05, 4.69) is 42.8 Å². The second kappa shape index (κ2) is 6.86. The van der Waals surface area contributed by atoms with E-state index in [4.69, 9.17) is 10.5 Å². The van der Waals surface area contributed by atoms with Gasteiger partial charge in [0.25, 0.3) is 0 Å². The van der Waals surface area contributed by atoms with E-state index in [-0.39, 0.29) is 17.4 Å². The maximum Gasteiger partial charge on any atom is 0.306 e. The third-order valence-corrected chi connectivity index (χ3v) is 4.60. The Bertz CT molecular complexity index is 443. The standard InChI is InChI=1S/C14H22BrNO2S/c1-5-18-13(17)8-14(3,4)7-11(16)10-6-12(15)19-9(10)2/h6,11H,5,7-8,16H2,1-4H3. The molecule has 0 radical (unpaired) electrons. The van der Waals surface area contributed by atoms with Crippen LogP contribution in [0.2, 0.25) is 0 Å². The Morgan fingerprint density at radius 2 is 2.21 bits per heavy atom. The summed E-state index contributed by atoms with van der Waals surface area (Å²) >= 11 is 5.17. The maximum absolute atomic E-state index is 11.6. The molecule has 1 aromatic rings. The highest BCUT2D eigenvalue weighted by Gasteiger charge is 2.27. The van der Waals surface area contributed by atoms with Crippen LogP contribution in [0.15, 0.2) is 9.85 Å². The van der Waals surface area contributed by atoms with E-state index in [1.807, 2.05) is 6.92 Å². The molecule has 0 fully saturated rings. The number of ether oxygens (including phenoxy) is 1. The number of nitrogens with two attached hydrogens (primary N) is 1. The van der Waals surface area contributed by atoms with Gasteiger partial charge in [-0.1, -0.05) is 13.8 Å². The topological polar surface area (TPSA) is 52.3 Å². The predicted octanol–water partition coefficient (Wildman–Crippen LogP) is 4.19. The number of hydrogen-bond acceptors (Lipinski definition) is 4. The van der Waals surface area contributed by atoms with Crippen LogP contribution in [0.25, 0.3) is 0 Å². The number of carbonyl (C=O) groups excluding carboxylic acids is 1. The van der Waals surface area contributed by atoms with Crippen LogP contribution in [0.5, 0.6) is 0 Å². The van der Waals surface area contributed by atoms with Crippen molar-refractivity contribution in [3.63, 3.8) is 0 Å². The lowest BCUT2D eigenvalue weighted by Crippen LogP contribution is -2.25. The quantitative estimate of drug-likeness (QED) is 0.785. The lowest BCUT2D eigenvalue weighted by atomic mass is 9.81. The summed E-state index contributed by atoms with van der Waals surface area (Å²) in [4.78, 5) is 12.8. The van der Waals surface area contributed by atoms with E-state index in [9.17, 15) is 4.79 Å². The molecule has 0 saturated heterocycles. The van der Waals surface area contributed by atoms with Gasteiger partial charge in [0.1, 0.15) is 0 Å². The Balaban J connectivity index is 2.67. The Hall–Kier alpha value is -0.390. The zero-order chi connectivity index (χ0) is 14.6. The molecule has 1 rings (SSSR count). The molecule has 1 unspecified atom stereocenters. The highest BCUT2D eigenvalue weighted by Crippen LogP contribution is 2.36. The highest BCUT2D eigenvalue weighted by atomic mass is 79.9. The first-order valence-electron chi connectivity index (χ1n) is 6.42. The first kappa shape index (κ1) is 16.7. The SMILES string of the molecule is CCOC(=O)CC(C)(C)CC(N)c1cc(Br)sc1C. The summed E-state index contributed by atoms with van der Waals surface area (Å²) < 4.78 is 6.10. The van der Waals surface area contributed by atoms with E-state index in [1.54, 1.807) is 11.3 Å². The zero-order valence-electron chi connectivity index (χ0n) is 12.0. The van der Waals surface area contributed by atoms with Gasteiger partial charge in [0.05, 0.1) is 16.8 Å². The smallest absolute Gasteiger partial charge is 0.306 e. The van der Waals surface area contributed by atoms with Crippen molar-refractivity contribution in [1.82, 2.24) is 0 Å². The normalized spacial score (nSPS) is 13.4. The minimum atomic E-state index is -0.160. The van der Waals surface area contributed by atoms with Crippen LogP contribution < -0.4 is 5.73 Å². The van der Waals surface area contributed by atoms with E-state index >= 15 is 0 Å². The molecule has 0 aliphatic carbocycles. The van der Waals surface area contributed by atoms with E-state index < -0.39 is 0 Å². The third-order valence-electron chi connectivity index (χ3n) is 3.03. The monoisotopic (exact) mass is 347 g/mol. The van der Waals surface area contributed by atoms with Gasteiger partial charge < -0.3 is 10.5 Å². The summed E-state index contributed by atoms with van der Waals surface area (Å²) in [6.07, 6.45) is 1.16. The van der Waals surface area contributed by atoms with Crippen LogP contribution in [-0.2, 0) is 9.53 Å². The number of esters is 1. The first-order chi connectivity index (χ1) is 8.75. The lowest BCUT2D eigenvalue weighted by Gasteiger charge is -2.27. The molecular formula is C14H22BrNO2S. The molecule has 3 nitrogen and oxygen atoms in total. The molecular weight excluding hydrogens is 326 g/mol. The Kier molecular flexibility index (Phi) is 6.02. The molecule has 0 aliphatic rings. The molecule has 0 saturated carbocycles. The lowest BCUT2D eigenvalue weighted by molar-refractivity contribution is -0.145. The molecule has 19 heavy (non-hydrogen) atoms. The van der Waals surface area contributed by atoms with Crippen LogP contribution in [0.4, 0.5) is 0 Å². The van der Waals surface area contributed by atoms with Crippen molar-refractivity contribution in [2.24, 2.45) is 11.1 Å². The molecule has 1 aromatic heterocycles. The fourth-order valence-electron chi connectivity index (χ4n) is 2.21. The highest BCUT2D eigenvalue weighted by molar-refractivity contribution is 9.11. The largest absolute Gasteiger partial charge is 0.466 e. The van der Waals surface area contributed by atoms with Gasteiger partial charge in [-0.25, -0.2) is 0 Å². The predicted molar refractivity (Wildman–Crippen MR) is 83.3 cm³/mol. The zero-order valence-corrected chi connectivity index (χ0v) is 14.4. The molecule has 0 bridgehead atoms. The molecule has 1 atom stereocenters. The molecule has 0 spiro atoms. The Morgan fingerprint density at radius 3 is 2.68 bits per heavy atom. The summed E-state index contributed by atoms with van der Waals surface area (Å²) in [5.41, 5.74) is 7.28. The number of halogens is 1. The summed E-state index contributed by atoms with van der Waals surface area (Å²) in [5.74, 6) is -0.150. The number of carbonyl (C=O) groups is 1. The second-order valence-corrected chi connectivity index (χ2v) is 8.15. The van der Waals surface area contributed by atoms with Crippen molar-refractivity contribution in [1.29, 1.82) is 0 Å². The van der Waals surface area contributed by atoms with Crippen LogP contribution in [0.3, 0.4) is 0 Å². The van der Waals surface area contributed by atoms with Crippen LogP contribution in [0.1, 0.15) is 50.1 Å². The van der Waals surface area contributed by atoms with Gasteiger partial charge in [-0.2, -0.15) is 0 Å². The molecule has 5 heteroatoms. The van der Waals surface area contributed by atoms with Crippen molar-refractivity contribution >= 4 is 33.2 Å². The molecule has 2 N–H and O–H groups in total. The second-order valence-electron chi connectivity index (χ2n) is 5.52. The average Bonchev–Trinajstić information content (AvgIpc) is 2.56. The van der Waals surface area contributed by atoms with Gasteiger partial charge >= 0.3 is 5.97 Å². The number of thiophene rings is 1. The van der Waals surface area contributed by atoms with Crippen molar-refractivity contribution in [3.8, 4) is 0 Å².